The average molecular weight is 297 g/mol. The predicted molar refractivity (Wildman–Crippen MR) is 88.0 cm³/mol. The van der Waals surface area contributed by atoms with Crippen molar-refractivity contribution in [2.75, 3.05) is 20.3 Å². The third kappa shape index (κ3) is 3.32. The fourth-order valence-electron chi connectivity index (χ4n) is 3.18. The molecule has 1 N–H and O–H groups in total. The molecule has 0 amide bonds. The molecule has 0 radical (unpaired) electrons. The van der Waals surface area contributed by atoms with E-state index < -0.39 is 0 Å². The van der Waals surface area contributed by atoms with Gasteiger partial charge in [0.2, 0.25) is 0 Å². The summed E-state index contributed by atoms with van der Waals surface area (Å²) in [4.78, 5) is 2.31. The predicted octanol–water partition coefficient (Wildman–Crippen LogP) is 3.18. The monoisotopic (exact) mass is 297 g/mol. The lowest BCUT2D eigenvalue weighted by Gasteiger charge is -2.28. The summed E-state index contributed by atoms with van der Waals surface area (Å²) in [7, 11) is 2.12. The molecule has 0 spiro atoms. The Balaban J connectivity index is 1.75. The van der Waals surface area contributed by atoms with Crippen molar-refractivity contribution in [1.82, 2.24) is 4.90 Å². The maximum absolute atomic E-state index is 9.40. The lowest BCUT2D eigenvalue weighted by Crippen LogP contribution is -2.25. The molecule has 1 aliphatic rings. The second-order valence-electron chi connectivity index (χ2n) is 5.89. The van der Waals surface area contributed by atoms with Crippen LogP contribution in [0.3, 0.4) is 0 Å². The van der Waals surface area contributed by atoms with Crippen LogP contribution in [0.15, 0.2) is 48.5 Å². The molecule has 22 heavy (non-hydrogen) atoms. The number of aliphatic hydroxyl groups excluding tert-OH is 1. The highest BCUT2D eigenvalue weighted by Gasteiger charge is 2.18. The van der Waals surface area contributed by atoms with Crippen molar-refractivity contribution in [3.8, 4) is 5.75 Å². The third-order valence-corrected chi connectivity index (χ3v) is 4.30. The number of hydrogen-bond donors (Lipinski definition) is 1. The molecule has 2 aromatic carbocycles. The molecule has 1 heterocycles. The first-order chi connectivity index (χ1) is 10.8. The van der Waals surface area contributed by atoms with Gasteiger partial charge < -0.3 is 9.84 Å². The van der Waals surface area contributed by atoms with Crippen molar-refractivity contribution in [3.05, 3.63) is 65.2 Å². The Labute approximate surface area is 132 Å². The van der Waals surface area contributed by atoms with Crippen LogP contribution in [-0.2, 0) is 13.0 Å². The first-order valence-corrected chi connectivity index (χ1v) is 7.88. The largest absolute Gasteiger partial charge is 0.493 e. The molecule has 0 fully saturated rings. The molecular formula is C19H23NO2. The van der Waals surface area contributed by atoms with E-state index in [0.29, 0.717) is 0 Å². The Morgan fingerprint density at radius 1 is 1.18 bits per heavy atom. The Hall–Kier alpha value is -1.84. The fourth-order valence-corrected chi connectivity index (χ4v) is 3.18. The van der Waals surface area contributed by atoms with Gasteiger partial charge in [0.25, 0.3) is 0 Å². The molecule has 1 atom stereocenters. The maximum Gasteiger partial charge on any atom is 0.122 e. The van der Waals surface area contributed by atoms with Crippen molar-refractivity contribution in [3.63, 3.8) is 0 Å². The zero-order valence-electron chi connectivity index (χ0n) is 13.0. The second kappa shape index (κ2) is 6.95. The SMILES string of the molecule is CN(Cc1ccc2c(c1)CCO2)C(CCO)c1ccccc1. The Morgan fingerprint density at radius 2 is 2.00 bits per heavy atom. The number of fused-ring (bicyclic) bond motifs is 1. The number of ether oxygens (including phenoxy) is 1. The van der Waals surface area contributed by atoms with Crippen molar-refractivity contribution < 1.29 is 9.84 Å². The van der Waals surface area contributed by atoms with Gasteiger partial charge in [0.05, 0.1) is 6.61 Å². The van der Waals surface area contributed by atoms with Gasteiger partial charge in [-0.1, -0.05) is 42.5 Å². The Morgan fingerprint density at radius 3 is 2.77 bits per heavy atom. The zero-order chi connectivity index (χ0) is 15.4. The van der Waals surface area contributed by atoms with E-state index >= 15 is 0 Å². The third-order valence-electron chi connectivity index (χ3n) is 4.30. The van der Waals surface area contributed by atoms with Crippen LogP contribution in [0.25, 0.3) is 0 Å². The van der Waals surface area contributed by atoms with Crippen molar-refractivity contribution in [1.29, 1.82) is 0 Å². The summed E-state index contributed by atoms with van der Waals surface area (Å²) in [6.45, 7) is 1.86. The van der Waals surface area contributed by atoms with Crippen LogP contribution in [0.5, 0.6) is 5.75 Å². The standard InChI is InChI=1S/C19H23NO2/c1-20(18(9-11-21)16-5-3-2-4-6-16)14-15-7-8-19-17(13-15)10-12-22-19/h2-8,13,18,21H,9-12,14H2,1H3. The smallest absolute Gasteiger partial charge is 0.122 e. The highest BCUT2D eigenvalue weighted by molar-refractivity contribution is 5.39. The molecule has 1 aliphatic heterocycles. The molecule has 0 saturated carbocycles. The van der Waals surface area contributed by atoms with Crippen LogP contribution in [0, 0.1) is 0 Å². The summed E-state index contributed by atoms with van der Waals surface area (Å²) in [5, 5.41) is 9.40. The van der Waals surface area contributed by atoms with E-state index in [4.69, 9.17) is 4.74 Å². The molecule has 1 unspecified atom stereocenters. The van der Waals surface area contributed by atoms with Crippen molar-refractivity contribution in [2.24, 2.45) is 0 Å². The first kappa shape index (κ1) is 15.1. The summed E-state index contributed by atoms with van der Waals surface area (Å²) in [6.07, 6.45) is 1.75. The van der Waals surface area contributed by atoms with Gasteiger partial charge in [0.15, 0.2) is 0 Å². The number of rotatable bonds is 6. The molecule has 2 aromatic rings. The van der Waals surface area contributed by atoms with Gasteiger partial charge in [0, 0.05) is 25.6 Å². The van der Waals surface area contributed by atoms with Gasteiger partial charge in [0.1, 0.15) is 5.75 Å². The zero-order valence-corrected chi connectivity index (χ0v) is 13.0. The summed E-state index contributed by atoms with van der Waals surface area (Å²) in [5.41, 5.74) is 3.86. The fraction of sp³-hybridized carbons (Fsp3) is 0.368. The highest BCUT2D eigenvalue weighted by atomic mass is 16.5. The first-order valence-electron chi connectivity index (χ1n) is 7.88. The molecule has 0 bridgehead atoms. The summed E-state index contributed by atoms with van der Waals surface area (Å²) in [6, 6.07) is 17.1. The molecule has 0 saturated heterocycles. The lowest BCUT2D eigenvalue weighted by atomic mass is 10.0. The number of aliphatic hydroxyl groups is 1. The molecule has 3 nitrogen and oxygen atoms in total. The Kier molecular flexibility index (Phi) is 4.76. The van der Waals surface area contributed by atoms with Gasteiger partial charge in [-0.25, -0.2) is 0 Å². The summed E-state index contributed by atoms with van der Waals surface area (Å²) < 4.78 is 5.57. The van der Waals surface area contributed by atoms with Crippen LogP contribution in [0.2, 0.25) is 0 Å². The van der Waals surface area contributed by atoms with Crippen LogP contribution in [0.4, 0.5) is 0 Å². The van der Waals surface area contributed by atoms with E-state index in [1.165, 1.54) is 16.7 Å². The topological polar surface area (TPSA) is 32.7 Å². The highest BCUT2D eigenvalue weighted by Crippen LogP contribution is 2.28. The minimum atomic E-state index is 0.196. The molecule has 3 heteroatoms. The van der Waals surface area contributed by atoms with E-state index in [1.807, 2.05) is 6.07 Å². The molecule has 3 rings (SSSR count). The van der Waals surface area contributed by atoms with Crippen LogP contribution < -0.4 is 4.74 Å². The summed E-state index contributed by atoms with van der Waals surface area (Å²) in [5.74, 6) is 1.03. The van der Waals surface area contributed by atoms with E-state index in [9.17, 15) is 5.11 Å². The lowest BCUT2D eigenvalue weighted by molar-refractivity contribution is 0.180. The summed E-state index contributed by atoms with van der Waals surface area (Å²) >= 11 is 0. The minimum Gasteiger partial charge on any atom is -0.493 e. The Bertz CT molecular complexity index is 612. The molecule has 0 aromatic heterocycles. The van der Waals surface area contributed by atoms with Crippen LogP contribution in [-0.4, -0.2) is 30.3 Å². The van der Waals surface area contributed by atoms with Crippen molar-refractivity contribution >= 4 is 0 Å². The van der Waals surface area contributed by atoms with E-state index in [2.05, 4.69) is 54.4 Å². The molecule has 116 valence electrons. The number of hydrogen-bond acceptors (Lipinski definition) is 3. The maximum atomic E-state index is 9.40. The minimum absolute atomic E-state index is 0.196. The van der Waals surface area contributed by atoms with Gasteiger partial charge in [-0.3, -0.25) is 4.90 Å². The molecule has 0 aliphatic carbocycles. The van der Waals surface area contributed by atoms with Crippen molar-refractivity contribution in [2.45, 2.75) is 25.4 Å². The quantitative estimate of drug-likeness (QED) is 0.889. The van der Waals surface area contributed by atoms with Crippen LogP contribution in [0.1, 0.15) is 29.2 Å². The van der Waals surface area contributed by atoms with Gasteiger partial charge in [-0.2, -0.15) is 0 Å². The number of nitrogens with zero attached hydrogens (tertiary/aromatic N) is 1. The average Bonchev–Trinajstić information content (AvgIpc) is 3.01. The van der Waals surface area contributed by atoms with Gasteiger partial charge in [-0.15, -0.1) is 0 Å². The van der Waals surface area contributed by atoms with Crippen LogP contribution >= 0.6 is 0 Å². The van der Waals surface area contributed by atoms with E-state index in [1.54, 1.807) is 0 Å². The van der Waals surface area contributed by atoms with Gasteiger partial charge >= 0.3 is 0 Å². The normalized spacial score (nSPS) is 14.7. The van der Waals surface area contributed by atoms with E-state index in [-0.39, 0.29) is 12.6 Å². The second-order valence-corrected chi connectivity index (χ2v) is 5.89. The van der Waals surface area contributed by atoms with Gasteiger partial charge in [-0.05, 0) is 36.2 Å². The molecular weight excluding hydrogens is 274 g/mol. The number of benzene rings is 2. The van der Waals surface area contributed by atoms with E-state index in [0.717, 1.165) is 31.7 Å².